The van der Waals surface area contributed by atoms with Crippen LogP contribution in [-0.4, -0.2) is 24.2 Å². The summed E-state index contributed by atoms with van der Waals surface area (Å²) >= 11 is 0. The largest absolute Gasteiger partial charge is 0.311 e. The molecule has 6 rings (SSSR count). The van der Waals surface area contributed by atoms with Crippen molar-refractivity contribution in [1.82, 2.24) is 10.6 Å². The minimum absolute atomic E-state index is 0.828. The van der Waals surface area contributed by atoms with E-state index in [-0.39, 0.29) is 0 Å². The molecule has 6 saturated carbocycles. The zero-order valence-electron chi connectivity index (χ0n) is 24.6. The monoisotopic (exact) mass is 510 g/mol. The fraction of sp³-hybridized carbons (Fsp3) is 1.00. The van der Waals surface area contributed by atoms with Crippen molar-refractivity contribution in [3.63, 3.8) is 0 Å². The van der Waals surface area contributed by atoms with Crippen molar-refractivity contribution < 1.29 is 0 Å². The number of fused-ring (bicyclic) bond motifs is 1. The van der Waals surface area contributed by atoms with Crippen molar-refractivity contribution in [3.05, 3.63) is 0 Å². The van der Waals surface area contributed by atoms with Crippen LogP contribution in [0.2, 0.25) is 0 Å². The maximum absolute atomic E-state index is 4.34. The Bertz CT molecular complexity index is 677. The van der Waals surface area contributed by atoms with Gasteiger partial charge in [-0.15, -0.1) is 0 Å². The molecule has 0 saturated heterocycles. The minimum Gasteiger partial charge on any atom is -0.311 e. The summed E-state index contributed by atoms with van der Waals surface area (Å²) in [4.78, 5) is 0. The van der Waals surface area contributed by atoms with Crippen LogP contribution in [0.1, 0.15) is 155 Å². The Morgan fingerprint density at radius 2 is 0.703 bits per heavy atom. The van der Waals surface area contributed by atoms with Crippen molar-refractivity contribution in [2.45, 2.75) is 179 Å². The fourth-order valence-electron chi connectivity index (χ4n) is 11.2. The van der Waals surface area contributed by atoms with E-state index in [1.165, 1.54) is 122 Å². The molecular weight excluding hydrogens is 448 g/mol. The molecule has 0 radical (unpaired) electrons. The molecular formula is C35H62N2. The van der Waals surface area contributed by atoms with E-state index in [1.54, 1.807) is 25.7 Å². The molecule has 0 amide bonds. The van der Waals surface area contributed by atoms with E-state index in [0.717, 1.165) is 65.6 Å². The molecule has 0 heterocycles. The Hall–Kier alpha value is -0.0800. The topological polar surface area (TPSA) is 24.1 Å². The van der Waals surface area contributed by atoms with Crippen LogP contribution >= 0.6 is 0 Å². The third kappa shape index (κ3) is 6.47. The van der Waals surface area contributed by atoms with Gasteiger partial charge in [-0.05, 0) is 131 Å². The smallest absolute Gasteiger partial charge is 0.0101 e. The highest BCUT2D eigenvalue weighted by atomic mass is 15.0. The Morgan fingerprint density at radius 3 is 1.22 bits per heavy atom. The average molecular weight is 511 g/mol. The first-order valence-corrected chi connectivity index (χ1v) is 17.8. The van der Waals surface area contributed by atoms with Crippen LogP contribution in [0, 0.1) is 41.4 Å². The molecule has 0 aliphatic heterocycles. The van der Waals surface area contributed by atoms with Gasteiger partial charge in [0.25, 0.3) is 0 Å². The van der Waals surface area contributed by atoms with Gasteiger partial charge in [-0.3, -0.25) is 0 Å². The molecule has 2 heteroatoms. The van der Waals surface area contributed by atoms with Gasteiger partial charge in [0.15, 0.2) is 0 Å². The highest BCUT2D eigenvalue weighted by molar-refractivity contribution is 5.00. The van der Waals surface area contributed by atoms with Crippen LogP contribution in [0.4, 0.5) is 0 Å². The Kier molecular flexibility index (Phi) is 9.57. The SMILES string of the molecule is CC1CCC(NC2CCCCC2C2CCC(C3CCCCC3NC3CCCCC3)C3CCCCC23)CC1. The third-order valence-electron chi connectivity index (χ3n) is 13.1. The average Bonchev–Trinajstić information content (AvgIpc) is 2.95. The Morgan fingerprint density at radius 1 is 0.324 bits per heavy atom. The van der Waals surface area contributed by atoms with Crippen LogP contribution in [0.5, 0.6) is 0 Å². The summed E-state index contributed by atoms with van der Waals surface area (Å²) in [5.41, 5.74) is 0. The standard InChI is InChI=1S/C35H62N2/c1-25-19-21-27(22-20-25)37-35-18-10-8-16-33(35)31-24-23-30(28-13-5-6-14-29(28)31)32-15-7-9-17-34(32)36-26-11-3-2-4-12-26/h25-37H,2-24H2,1H3. The minimum atomic E-state index is 0.828. The molecule has 37 heavy (non-hydrogen) atoms. The maximum Gasteiger partial charge on any atom is 0.0101 e. The Labute approximate surface area is 230 Å². The predicted octanol–water partition coefficient (Wildman–Crippen LogP) is 9.03. The molecule has 0 aromatic rings. The first-order valence-electron chi connectivity index (χ1n) is 17.8. The van der Waals surface area contributed by atoms with Gasteiger partial charge in [0, 0.05) is 24.2 Å². The van der Waals surface area contributed by atoms with E-state index >= 15 is 0 Å². The second-order valence-electron chi connectivity index (χ2n) is 15.3. The summed E-state index contributed by atoms with van der Waals surface area (Å²) in [5, 5.41) is 8.66. The molecule has 0 aromatic carbocycles. The van der Waals surface area contributed by atoms with Crippen LogP contribution in [0.15, 0.2) is 0 Å². The summed E-state index contributed by atoms with van der Waals surface area (Å²) in [5.74, 6) is 7.14. The zero-order valence-corrected chi connectivity index (χ0v) is 24.6. The summed E-state index contributed by atoms with van der Waals surface area (Å²) in [6.45, 7) is 2.48. The highest BCUT2D eigenvalue weighted by Crippen LogP contribution is 2.55. The van der Waals surface area contributed by atoms with Gasteiger partial charge in [-0.25, -0.2) is 0 Å². The van der Waals surface area contributed by atoms with Crippen molar-refractivity contribution in [2.75, 3.05) is 0 Å². The molecule has 2 N–H and O–H groups in total. The quantitative estimate of drug-likeness (QED) is 0.372. The van der Waals surface area contributed by atoms with E-state index in [4.69, 9.17) is 0 Å². The van der Waals surface area contributed by atoms with Gasteiger partial charge in [-0.1, -0.05) is 64.7 Å². The zero-order chi connectivity index (χ0) is 25.0. The van der Waals surface area contributed by atoms with Crippen molar-refractivity contribution >= 4 is 0 Å². The maximum atomic E-state index is 4.34. The van der Waals surface area contributed by atoms with Crippen molar-refractivity contribution in [2.24, 2.45) is 41.4 Å². The summed E-state index contributed by atoms with van der Waals surface area (Å²) in [6.07, 6.45) is 34.5. The van der Waals surface area contributed by atoms with Crippen LogP contribution in [0.3, 0.4) is 0 Å². The summed E-state index contributed by atoms with van der Waals surface area (Å²) in [7, 11) is 0. The van der Waals surface area contributed by atoms with Crippen LogP contribution < -0.4 is 10.6 Å². The van der Waals surface area contributed by atoms with Crippen molar-refractivity contribution in [1.29, 1.82) is 0 Å². The number of nitrogens with one attached hydrogen (secondary N) is 2. The second-order valence-corrected chi connectivity index (χ2v) is 15.3. The van der Waals surface area contributed by atoms with E-state index in [9.17, 15) is 0 Å². The molecule has 6 aliphatic rings. The third-order valence-corrected chi connectivity index (χ3v) is 13.1. The van der Waals surface area contributed by atoms with E-state index in [2.05, 4.69) is 17.6 Å². The summed E-state index contributed by atoms with van der Waals surface area (Å²) < 4.78 is 0. The number of hydrogen-bond donors (Lipinski definition) is 2. The van der Waals surface area contributed by atoms with Gasteiger partial charge in [-0.2, -0.15) is 0 Å². The lowest BCUT2D eigenvalue weighted by atomic mass is 9.53. The normalized spacial score (nSPS) is 46.3. The van der Waals surface area contributed by atoms with Crippen LogP contribution in [0.25, 0.3) is 0 Å². The number of hydrogen-bond acceptors (Lipinski definition) is 2. The summed E-state index contributed by atoms with van der Waals surface area (Å²) in [6, 6.07) is 3.36. The van der Waals surface area contributed by atoms with Gasteiger partial charge >= 0.3 is 0 Å². The lowest BCUT2D eigenvalue weighted by molar-refractivity contribution is -0.0337. The van der Waals surface area contributed by atoms with Gasteiger partial charge in [0.05, 0.1) is 0 Å². The van der Waals surface area contributed by atoms with Crippen molar-refractivity contribution in [3.8, 4) is 0 Å². The molecule has 6 fully saturated rings. The first kappa shape index (κ1) is 27.1. The van der Waals surface area contributed by atoms with E-state index in [1.807, 2.05) is 0 Å². The molecule has 212 valence electrons. The molecule has 0 aromatic heterocycles. The molecule has 8 unspecified atom stereocenters. The molecule has 8 atom stereocenters. The molecule has 0 bridgehead atoms. The number of rotatable bonds is 6. The van der Waals surface area contributed by atoms with E-state index in [0.29, 0.717) is 0 Å². The highest BCUT2D eigenvalue weighted by Gasteiger charge is 2.48. The second kappa shape index (κ2) is 13.1. The van der Waals surface area contributed by atoms with Gasteiger partial charge in [0.1, 0.15) is 0 Å². The van der Waals surface area contributed by atoms with Gasteiger partial charge in [0.2, 0.25) is 0 Å². The molecule has 2 nitrogen and oxygen atoms in total. The van der Waals surface area contributed by atoms with Gasteiger partial charge < -0.3 is 10.6 Å². The Balaban J connectivity index is 1.14. The lowest BCUT2D eigenvalue weighted by Crippen LogP contribution is -2.53. The molecule has 0 spiro atoms. The molecule has 6 aliphatic carbocycles. The first-order chi connectivity index (χ1) is 18.3. The lowest BCUT2D eigenvalue weighted by Gasteiger charge is -2.54. The predicted molar refractivity (Wildman–Crippen MR) is 158 cm³/mol. The van der Waals surface area contributed by atoms with E-state index < -0.39 is 0 Å². The fourth-order valence-corrected chi connectivity index (χ4v) is 11.2. The van der Waals surface area contributed by atoms with Crippen LogP contribution in [-0.2, 0) is 0 Å².